The smallest absolute Gasteiger partial charge is 0.223 e. The van der Waals surface area contributed by atoms with E-state index >= 15 is 0 Å². The Morgan fingerprint density at radius 1 is 1.16 bits per heavy atom. The van der Waals surface area contributed by atoms with Crippen LogP contribution in [0.1, 0.15) is 30.9 Å². The van der Waals surface area contributed by atoms with E-state index in [1.54, 1.807) is 0 Å². The summed E-state index contributed by atoms with van der Waals surface area (Å²) in [5, 5.41) is 0. The summed E-state index contributed by atoms with van der Waals surface area (Å²) in [6.07, 6.45) is 6.82. The van der Waals surface area contributed by atoms with Gasteiger partial charge in [0.15, 0.2) is 0 Å². The SMILES string of the molecule is CCO[C@@H]1CCN(C(=O)CCc2ccccc2)[C@@H]1Cc1ccncc1. The van der Waals surface area contributed by atoms with Crippen LogP contribution in [0.3, 0.4) is 0 Å². The maximum atomic E-state index is 12.8. The van der Waals surface area contributed by atoms with E-state index in [0.717, 1.165) is 25.8 Å². The average molecular weight is 338 g/mol. The van der Waals surface area contributed by atoms with Crippen molar-refractivity contribution in [3.63, 3.8) is 0 Å². The molecule has 1 amide bonds. The molecule has 1 saturated heterocycles. The second kappa shape index (κ2) is 8.77. The number of aromatic nitrogens is 1. The molecule has 4 heteroatoms. The Hall–Kier alpha value is -2.20. The number of pyridine rings is 1. The molecule has 0 saturated carbocycles. The molecular formula is C21H26N2O2. The topological polar surface area (TPSA) is 42.4 Å². The first-order chi connectivity index (χ1) is 12.3. The molecule has 3 rings (SSSR count). The van der Waals surface area contributed by atoms with Gasteiger partial charge in [-0.1, -0.05) is 30.3 Å². The monoisotopic (exact) mass is 338 g/mol. The first-order valence-electron chi connectivity index (χ1n) is 9.12. The summed E-state index contributed by atoms with van der Waals surface area (Å²) in [6, 6.07) is 14.4. The molecule has 2 atom stereocenters. The molecule has 4 nitrogen and oxygen atoms in total. The molecule has 0 aliphatic carbocycles. The van der Waals surface area contributed by atoms with Crippen LogP contribution in [0, 0.1) is 0 Å². The van der Waals surface area contributed by atoms with Crippen LogP contribution >= 0.6 is 0 Å². The second-order valence-corrected chi connectivity index (χ2v) is 6.48. The zero-order valence-electron chi connectivity index (χ0n) is 14.8. The molecule has 2 heterocycles. The Labute approximate surface area is 149 Å². The zero-order valence-corrected chi connectivity index (χ0v) is 14.8. The van der Waals surface area contributed by atoms with Crippen LogP contribution in [0.15, 0.2) is 54.9 Å². The lowest BCUT2D eigenvalue weighted by molar-refractivity contribution is -0.133. The van der Waals surface area contributed by atoms with Crippen LogP contribution < -0.4 is 0 Å². The highest BCUT2D eigenvalue weighted by atomic mass is 16.5. The fraction of sp³-hybridized carbons (Fsp3) is 0.429. The van der Waals surface area contributed by atoms with Gasteiger partial charge in [-0.2, -0.15) is 0 Å². The third kappa shape index (κ3) is 4.67. The Kier molecular flexibility index (Phi) is 6.18. The van der Waals surface area contributed by atoms with Gasteiger partial charge in [-0.05, 0) is 49.4 Å². The Bertz CT molecular complexity index is 660. The largest absolute Gasteiger partial charge is 0.376 e. The number of likely N-dealkylation sites (tertiary alicyclic amines) is 1. The molecule has 0 bridgehead atoms. The number of ether oxygens (including phenoxy) is 1. The van der Waals surface area contributed by atoms with Gasteiger partial charge in [-0.25, -0.2) is 0 Å². The Morgan fingerprint density at radius 2 is 1.92 bits per heavy atom. The van der Waals surface area contributed by atoms with Crippen molar-refractivity contribution in [3.8, 4) is 0 Å². The van der Waals surface area contributed by atoms with E-state index in [1.165, 1.54) is 11.1 Å². The first-order valence-corrected chi connectivity index (χ1v) is 9.12. The molecule has 25 heavy (non-hydrogen) atoms. The molecule has 1 aliphatic heterocycles. The molecule has 1 aromatic heterocycles. The van der Waals surface area contributed by atoms with Gasteiger partial charge in [0.25, 0.3) is 0 Å². The normalized spacial score (nSPS) is 20.0. The van der Waals surface area contributed by atoms with Gasteiger partial charge in [-0.15, -0.1) is 0 Å². The highest BCUT2D eigenvalue weighted by Crippen LogP contribution is 2.25. The third-order valence-electron chi connectivity index (χ3n) is 4.85. The molecule has 0 spiro atoms. The molecular weight excluding hydrogens is 312 g/mol. The van der Waals surface area contributed by atoms with Crippen LogP contribution in [0.4, 0.5) is 0 Å². The van der Waals surface area contributed by atoms with Crippen molar-refractivity contribution in [2.75, 3.05) is 13.2 Å². The van der Waals surface area contributed by atoms with Crippen LogP contribution in [-0.4, -0.2) is 41.1 Å². The Morgan fingerprint density at radius 3 is 2.64 bits per heavy atom. The maximum absolute atomic E-state index is 12.8. The summed E-state index contributed by atoms with van der Waals surface area (Å²) in [7, 11) is 0. The van der Waals surface area contributed by atoms with Gasteiger partial charge < -0.3 is 9.64 Å². The molecule has 1 aliphatic rings. The Balaban J connectivity index is 1.66. The quantitative estimate of drug-likeness (QED) is 0.778. The summed E-state index contributed by atoms with van der Waals surface area (Å²) in [6.45, 7) is 3.49. The van der Waals surface area contributed by atoms with E-state index in [1.807, 2.05) is 54.5 Å². The third-order valence-corrected chi connectivity index (χ3v) is 4.85. The summed E-state index contributed by atoms with van der Waals surface area (Å²) < 4.78 is 5.92. The van der Waals surface area contributed by atoms with Gasteiger partial charge in [0.2, 0.25) is 5.91 Å². The predicted octanol–water partition coefficient (Wildman–Crippen LogP) is 3.26. The predicted molar refractivity (Wildman–Crippen MR) is 98.2 cm³/mol. The van der Waals surface area contributed by atoms with Crippen molar-refractivity contribution >= 4 is 5.91 Å². The second-order valence-electron chi connectivity index (χ2n) is 6.48. The minimum Gasteiger partial charge on any atom is -0.376 e. The molecule has 1 aromatic carbocycles. The number of benzene rings is 1. The lowest BCUT2D eigenvalue weighted by Gasteiger charge is -2.28. The van der Waals surface area contributed by atoms with Gasteiger partial charge in [0.05, 0.1) is 12.1 Å². The number of rotatable bonds is 7. The molecule has 0 radical (unpaired) electrons. The number of carbonyl (C=O) groups excluding carboxylic acids is 1. The van der Waals surface area contributed by atoms with Crippen molar-refractivity contribution in [1.82, 2.24) is 9.88 Å². The lowest BCUT2D eigenvalue weighted by atomic mass is 10.0. The molecule has 1 fully saturated rings. The van der Waals surface area contributed by atoms with E-state index in [-0.39, 0.29) is 18.1 Å². The highest BCUT2D eigenvalue weighted by Gasteiger charge is 2.37. The van der Waals surface area contributed by atoms with Crippen LogP contribution in [-0.2, 0) is 22.4 Å². The fourth-order valence-electron chi connectivity index (χ4n) is 3.58. The van der Waals surface area contributed by atoms with Crippen molar-refractivity contribution in [2.24, 2.45) is 0 Å². The van der Waals surface area contributed by atoms with Crippen LogP contribution in [0.25, 0.3) is 0 Å². The van der Waals surface area contributed by atoms with Gasteiger partial charge in [-0.3, -0.25) is 9.78 Å². The number of carbonyl (C=O) groups is 1. The van der Waals surface area contributed by atoms with Crippen LogP contribution in [0.2, 0.25) is 0 Å². The highest BCUT2D eigenvalue weighted by molar-refractivity contribution is 5.77. The minimum absolute atomic E-state index is 0.116. The first kappa shape index (κ1) is 17.6. The lowest BCUT2D eigenvalue weighted by Crippen LogP contribution is -2.42. The fourth-order valence-corrected chi connectivity index (χ4v) is 3.58. The number of hydrogen-bond acceptors (Lipinski definition) is 3. The molecule has 2 aromatic rings. The van der Waals surface area contributed by atoms with E-state index in [0.29, 0.717) is 13.0 Å². The summed E-state index contributed by atoms with van der Waals surface area (Å²) in [5.41, 5.74) is 2.41. The van der Waals surface area contributed by atoms with E-state index < -0.39 is 0 Å². The molecule has 132 valence electrons. The van der Waals surface area contributed by atoms with E-state index in [2.05, 4.69) is 17.1 Å². The van der Waals surface area contributed by atoms with Gasteiger partial charge >= 0.3 is 0 Å². The van der Waals surface area contributed by atoms with Crippen molar-refractivity contribution < 1.29 is 9.53 Å². The summed E-state index contributed by atoms with van der Waals surface area (Å²) >= 11 is 0. The maximum Gasteiger partial charge on any atom is 0.223 e. The number of amides is 1. The number of aryl methyl sites for hydroxylation is 1. The minimum atomic E-state index is 0.116. The molecule has 0 unspecified atom stereocenters. The molecule has 0 N–H and O–H groups in total. The van der Waals surface area contributed by atoms with E-state index in [9.17, 15) is 4.79 Å². The van der Waals surface area contributed by atoms with Crippen molar-refractivity contribution in [1.29, 1.82) is 0 Å². The van der Waals surface area contributed by atoms with E-state index in [4.69, 9.17) is 4.74 Å². The van der Waals surface area contributed by atoms with Gasteiger partial charge in [0.1, 0.15) is 0 Å². The summed E-state index contributed by atoms with van der Waals surface area (Å²) in [5.74, 6) is 0.227. The number of hydrogen-bond donors (Lipinski definition) is 0. The van der Waals surface area contributed by atoms with Crippen molar-refractivity contribution in [2.45, 2.75) is 44.8 Å². The average Bonchev–Trinajstić information content (AvgIpc) is 3.04. The van der Waals surface area contributed by atoms with Crippen LogP contribution in [0.5, 0.6) is 0 Å². The number of nitrogens with zero attached hydrogens (tertiary/aromatic N) is 2. The standard InChI is InChI=1S/C21H26N2O2/c1-2-25-20-12-15-23(19(20)16-18-10-13-22-14-11-18)21(24)9-8-17-6-4-3-5-7-17/h3-7,10-11,13-14,19-20H,2,8-9,12,15-16H2,1H3/t19-,20-/m1/s1. The summed E-state index contributed by atoms with van der Waals surface area (Å²) in [4.78, 5) is 18.9. The zero-order chi connectivity index (χ0) is 17.5. The van der Waals surface area contributed by atoms with Crippen molar-refractivity contribution in [3.05, 3.63) is 66.0 Å². The van der Waals surface area contributed by atoms with Gasteiger partial charge in [0, 0.05) is 32.0 Å².